The molecule has 1 aliphatic carbocycles. The van der Waals surface area contributed by atoms with Crippen molar-refractivity contribution in [1.29, 1.82) is 5.26 Å². The van der Waals surface area contributed by atoms with Gasteiger partial charge in [0.15, 0.2) is 0 Å². The Morgan fingerprint density at radius 2 is 2.02 bits per heavy atom. The van der Waals surface area contributed by atoms with E-state index in [1.54, 1.807) is 6.92 Å². The molecule has 1 aromatic carbocycles. The molecule has 4 aromatic rings. The highest BCUT2D eigenvalue weighted by Gasteiger charge is 2.54. The van der Waals surface area contributed by atoms with Gasteiger partial charge in [0.05, 0.1) is 28.0 Å². The van der Waals surface area contributed by atoms with Gasteiger partial charge in [-0.15, -0.1) is 5.10 Å². The van der Waals surface area contributed by atoms with Crippen molar-refractivity contribution in [2.45, 2.75) is 58.5 Å². The van der Waals surface area contributed by atoms with E-state index >= 15 is 0 Å². The average molecular weight is 613 g/mol. The molecule has 0 saturated heterocycles. The molecule has 1 atom stereocenters. The first kappa shape index (κ1) is 30.0. The summed E-state index contributed by atoms with van der Waals surface area (Å²) >= 11 is 6.50. The number of anilines is 1. The van der Waals surface area contributed by atoms with E-state index in [9.17, 15) is 23.2 Å². The second-order valence-electron chi connectivity index (χ2n) is 11.6. The lowest BCUT2D eigenvalue weighted by molar-refractivity contribution is 0.0593. The molecule has 3 heterocycles. The number of aromatic nitrogens is 5. The summed E-state index contributed by atoms with van der Waals surface area (Å²) in [5.41, 5.74) is 0.365. The Labute approximate surface area is 250 Å². The number of hydrogen-bond donors (Lipinski definition) is 2. The molecule has 1 amide bonds. The molecule has 5 rings (SSSR count). The number of carbonyl (C=O) groups excluding carboxylic acids is 1. The van der Waals surface area contributed by atoms with Crippen molar-refractivity contribution in [3.63, 3.8) is 0 Å². The Balaban J connectivity index is 1.47. The Morgan fingerprint density at radius 3 is 2.65 bits per heavy atom. The third-order valence-corrected chi connectivity index (χ3v) is 7.41. The summed E-state index contributed by atoms with van der Waals surface area (Å²) in [7, 11) is 0. The van der Waals surface area contributed by atoms with Crippen LogP contribution in [0.25, 0.3) is 10.9 Å². The van der Waals surface area contributed by atoms with Crippen LogP contribution in [0, 0.1) is 29.6 Å². The number of pyridine rings is 2. The van der Waals surface area contributed by atoms with Gasteiger partial charge in [-0.25, -0.2) is 23.2 Å². The summed E-state index contributed by atoms with van der Waals surface area (Å²) in [6.45, 7) is 8.18. The van der Waals surface area contributed by atoms with Gasteiger partial charge in [0.1, 0.15) is 29.1 Å². The summed E-state index contributed by atoms with van der Waals surface area (Å²) in [5.74, 6) is -0.676. The highest BCUT2D eigenvalue weighted by Crippen LogP contribution is 2.48. The number of alkyl halides is 2. The molecule has 1 unspecified atom stereocenters. The Bertz CT molecular complexity index is 1740. The van der Waals surface area contributed by atoms with Crippen LogP contribution in [0.2, 0.25) is 5.02 Å². The smallest absolute Gasteiger partial charge is 0.410 e. The maximum Gasteiger partial charge on any atom is 0.413 e. The Morgan fingerprint density at radius 1 is 1.28 bits per heavy atom. The van der Waals surface area contributed by atoms with Crippen LogP contribution >= 0.6 is 11.6 Å². The van der Waals surface area contributed by atoms with Gasteiger partial charge in [0.2, 0.25) is 5.95 Å². The summed E-state index contributed by atoms with van der Waals surface area (Å²) in [6, 6.07) is 6.53. The minimum absolute atomic E-state index is 0.0525. The average Bonchev–Trinajstić information content (AvgIpc) is 3.60. The fraction of sp³-hybridized carbons (Fsp3) is 0.379. The number of nitrogens with zero attached hydrogens (tertiary/aromatic N) is 6. The van der Waals surface area contributed by atoms with E-state index in [1.807, 2.05) is 20.8 Å². The maximum absolute atomic E-state index is 13.8. The maximum atomic E-state index is 13.8. The van der Waals surface area contributed by atoms with Crippen LogP contribution in [-0.2, 0) is 5.54 Å². The van der Waals surface area contributed by atoms with Gasteiger partial charge in [-0.1, -0.05) is 43.7 Å². The van der Waals surface area contributed by atoms with Crippen LogP contribution in [0.1, 0.15) is 62.2 Å². The van der Waals surface area contributed by atoms with Gasteiger partial charge < -0.3 is 15.4 Å². The van der Waals surface area contributed by atoms with Crippen LogP contribution in [0.5, 0.6) is 5.75 Å². The highest BCUT2D eigenvalue weighted by molar-refractivity contribution is 6.35. The molecule has 10 nitrogen and oxygen atoms in total. The SMILES string of the molecule is Cc1nc(F)ccc1C(NC(=O)Oc1cc(Cl)c2ncc(C#N)c(NCC(C)(C)C)c2c1)c1cn(C2(C(F)F)CC2)nn1. The number of aryl methyl sites for hydroxylation is 1. The fourth-order valence-electron chi connectivity index (χ4n) is 4.64. The van der Waals surface area contributed by atoms with Gasteiger partial charge in [-0.3, -0.25) is 4.98 Å². The van der Waals surface area contributed by atoms with Crippen LogP contribution in [0.3, 0.4) is 0 Å². The zero-order valence-electron chi connectivity index (χ0n) is 23.8. The van der Waals surface area contributed by atoms with Crippen molar-refractivity contribution in [1.82, 2.24) is 30.3 Å². The molecular formula is C29H28ClF3N8O2. The first-order chi connectivity index (χ1) is 20.3. The summed E-state index contributed by atoms with van der Waals surface area (Å²) in [6.07, 6.45) is -0.359. The molecule has 3 aromatic heterocycles. The van der Waals surface area contributed by atoms with Gasteiger partial charge in [-0.05, 0) is 37.3 Å². The Kier molecular flexibility index (Phi) is 7.91. The number of nitrogens with one attached hydrogen (secondary N) is 2. The quantitative estimate of drug-likeness (QED) is 0.222. The number of nitriles is 1. The van der Waals surface area contributed by atoms with Gasteiger partial charge in [0, 0.05) is 35.5 Å². The number of halogens is 4. The lowest BCUT2D eigenvalue weighted by Crippen LogP contribution is -2.33. The molecule has 1 saturated carbocycles. The van der Waals surface area contributed by atoms with E-state index in [0.717, 1.165) is 10.7 Å². The van der Waals surface area contributed by atoms with Crippen LogP contribution in [0.4, 0.5) is 23.7 Å². The van der Waals surface area contributed by atoms with E-state index in [-0.39, 0.29) is 46.0 Å². The number of fused-ring (bicyclic) bond motifs is 1. The van der Waals surface area contributed by atoms with Gasteiger partial charge in [0.25, 0.3) is 6.43 Å². The third kappa shape index (κ3) is 6.19. The number of hydrogen-bond acceptors (Lipinski definition) is 8. The van der Waals surface area contributed by atoms with Gasteiger partial charge in [-0.2, -0.15) is 9.65 Å². The normalized spacial score (nSPS) is 14.8. The van der Waals surface area contributed by atoms with Crippen LogP contribution in [0.15, 0.2) is 36.7 Å². The number of benzene rings is 1. The van der Waals surface area contributed by atoms with Crippen molar-refractivity contribution in [2.24, 2.45) is 5.41 Å². The molecule has 43 heavy (non-hydrogen) atoms. The lowest BCUT2D eigenvalue weighted by Gasteiger charge is -2.21. The zero-order chi connectivity index (χ0) is 31.1. The topological polar surface area (TPSA) is 131 Å². The van der Waals surface area contributed by atoms with Crippen molar-refractivity contribution in [2.75, 3.05) is 11.9 Å². The fourth-order valence-corrected chi connectivity index (χ4v) is 4.89. The summed E-state index contributed by atoms with van der Waals surface area (Å²) in [5, 5.41) is 24.3. The van der Waals surface area contributed by atoms with Crippen LogP contribution in [-0.4, -0.2) is 44.0 Å². The number of rotatable bonds is 8. The number of ether oxygens (including phenoxy) is 1. The third-order valence-electron chi connectivity index (χ3n) is 7.12. The lowest BCUT2D eigenvalue weighted by atomic mass is 9.96. The predicted octanol–water partition coefficient (Wildman–Crippen LogP) is 6.28. The summed E-state index contributed by atoms with van der Waals surface area (Å²) < 4.78 is 47.9. The molecular weight excluding hydrogens is 585 g/mol. The zero-order valence-corrected chi connectivity index (χ0v) is 24.5. The van der Waals surface area contributed by atoms with Crippen LogP contribution < -0.4 is 15.4 Å². The number of amides is 1. The summed E-state index contributed by atoms with van der Waals surface area (Å²) in [4.78, 5) is 21.4. The van der Waals surface area contributed by atoms with E-state index < -0.39 is 30.0 Å². The largest absolute Gasteiger partial charge is 0.413 e. The van der Waals surface area contributed by atoms with Crippen molar-refractivity contribution >= 4 is 34.3 Å². The van der Waals surface area contributed by atoms with Gasteiger partial charge >= 0.3 is 6.09 Å². The van der Waals surface area contributed by atoms with E-state index in [0.29, 0.717) is 28.7 Å². The van der Waals surface area contributed by atoms with E-state index in [2.05, 4.69) is 37.0 Å². The van der Waals surface area contributed by atoms with Crippen molar-refractivity contribution < 1.29 is 22.7 Å². The molecule has 0 radical (unpaired) electrons. The van der Waals surface area contributed by atoms with Crippen molar-refractivity contribution in [3.05, 3.63) is 70.1 Å². The van der Waals surface area contributed by atoms with Crippen molar-refractivity contribution in [3.8, 4) is 11.8 Å². The standard InChI is InChI=1S/C29H28ClF3N8O2/c1-15-18(5-6-22(31)37-15)25(21-13-41(40-39-21)29(7-8-29)26(32)33)38-27(42)43-17-9-19-23(36-14-28(2,3)4)16(11-34)12-35-24(19)20(30)10-17/h5-6,9-10,12-13,25-26H,7-8,14H2,1-4H3,(H,35,36)(H,38,42). The minimum Gasteiger partial charge on any atom is -0.410 e. The first-order valence-electron chi connectivity index (χ1n) is 13.4. The second kappa shape index (κ2) is 11.3. The molecule has 0 bridgehead atoms. The molecule has 1 aliphatic rings. The molecule has 224 valence electrons. The molecule has 1 fully saturated rings. The molecule has 14 heteroatoms. The van der Waals surface area contributed by atoms with E-state index in [1.165, 1.54) is 30.6 Å². The number of carbonyl (C=O) groups is 1. The highest BCUT2D eigenvalue weighted by atomic mass is 35.5. The first-order valence-corrected chi connectivity index (χ1v) is 13.8. The second-order valence-corrected chi connectivity index (χ2v) is 12.0. The Hall–Kier alpha value is -4.44. The predicted molar refractivity (Wildman–Crippen MR) is 153 cm³/mol. The molecule has 0 aliphatic heterocycles. The minimum atomic E-state index is -2.65. The monoisotopic (exact) mass is 612 g/mol. The molecule has 2 N–H and O–H groups in total. The van der Waals surface area contributed by atoms with E-state index in [4.69, 9.17) is 16.3 Å². The molecule has 0 spiro atoms.